The van der Waals surface area contributed by atoms with Crippen LogP contribution in [0, 0.1) is 6.92 Å². The number of thioether (sulfide) groups is 1. The lowest BCUT2D eigenvalue weighted by Gasteiger charge is -2.09. The maximum Gasteiger partial charge on any atom is 0.262 e. The van der Waals surface area contributed by atoms with E-state index in [-0.39, 0.29) is 5.56 Å². The number of benzene rings is 2. The zero-order valence-corrected chi connectivity index (χ0v) is 15.8. The molecule has 0 aliphatic carbocycles. The van der Waals surface area contributed by atoms with Crippen LogP contribution in [0.1, 0.15) is 11.1 Å². The Morgan fingerprint density at radius 2 is 1.93 bits per heavy atom. The Labute approximate surface area is 160 Å². The van der Waals surface area contributed by atoms with Crippen LogP contribution < -0.4 is 10.3 Å². The number of aromatic nitrogens is 4. The van der Waals surface area contributed by atoms with Crippen molar-refractivity contribution in [1.82, 2.24) is 19.7 Å². The van der Waals surface area contributed by atoms with Gasteiger partial charge in [0.05, 0.1) is 13.3 Å². The highest BCUT2D eigenvalue weighted by molar-refractivity contribution is 7.98. The molecule has 0 spiro atoms. The van der Waals surface area contributed by atoms with Crippen LogP contribution in [0.3, 0.4) is 0 Å². The molecule has 2 aromatic heterocycles. The average Bonchev–Trinajstić information content (AvgIpc) is 3.11. The van der Waals surface area contributed by atoms with Gasteiger partial charge in [0, 0.05) is 5.75 Å². The molecule has 2 heterocycles. The number of ether oxygens (including phenoxy) is 1. The van der Waals surface area contributed by atoms with E-state index in [4.69, 9.17) is 4.74 Å². The largest absolute Gasteiger partial charge is 0.494 e. The lowest BCUT2D eigenvalue weighted by molar-refractivity contribution is 0.412. The van der Waals surface area contributed by atoms with Crippen LogP contribution in [0.25, 0.3) is 16.7 Å². The standard InChI is InChI=1S/C20H18N4O2S/c1-13-7-3-4-8-14(13)12-27-20-22-18-15(19(25)23-20)11-21-24(18)16-9-5-6-10-17(16)26-2/h3-11H,12H2,1-2H3,(H,22,23,25). The Kier molecular flexibility index (Phi) is 4.68. The van der Waals surface area contributed by atoms with Crippen LogP contribution in [0.15, 0.2) is 64.7 Å². The molecule has 0 unspecified atom stereocenters. The third-order valence-corrected chi connectivity index (χ3v) is 5.28. The van der Waals surface area contributed by atoms with Crippen LogP contribution in [0.5, 0.6) is 5.75 Å². The summed E-state index contributed by atoms with van der Waals surface area (Å²) in [6, 6.07) is 15.7. The summed E-state index contributed by atoms with van der Waals surface area (Å²) in [4.78, 5) is 20.0. The van der Waals surface area contributed by atoms with Crippen LogP contribution >= 0.6 is 11.8 Å². The first-order valence-corrected chi connectivity index (χ1v) is 9.44. The number of aryl methyl sites for hydroxylation is 1. The van der Waals surface area contributed by atoms with E-state index >= 15 is 0 Å². The number of aromatic amines is 1. The topological polar surface area (TPSA) is 72.8 Å². The molecule has 136 valence electrons. The number of para-hydroxylation sites is 2. The number of nitrogens with one attached hydrogen (secondary N) is 1. The molecule has 2 aromatic carbocycles. The van der Waals surface area contributed by atoms with Gasteiger partial charge in [-0.2, -0.15) is 5.10 Å². The fourth-order valence-electron chi connectivity index (χ4n) is 2.87. The smallest absolute Gasteiger partial charge is 0.262 e. The third kappa shape index (κ3) is 3.33. The fourth-order valence-corrected chi connectivity index (χ4v) is 3.80. The van der Waals surface area contributed by atoms with Crippen LogP contribution in [-0.2, 0) is 5.75 Å². The molecular formula is C20H18N4O2S. The minimum Gasteiger partial charge on any atom is -0.494 e. The Morgan fingerprint density at radius 1 is 1.15 bits per heavy atom. The molecule has 0 atom stereocenters. The number of rotatable bonds is 5. The second-order valence-electron chi connectivity index (χ2n) is 6.05. The molecule has 6 nitrogen and oxygen atoms in total. The number of methoxy groups -OCH3 is 1. The first-order chi connectivity index (χ1) is 13.2. The Morgan fingerprint density at radius 3 is 2.74 bits per heavy atom. The van der Waals surface area contributed by atoms with Gasteiger partial charge in [-0.15, -0.1) is 0 Å². The molecule has 0 fully saturated rings. The van der Waals surface area contributed by atoms with Gasteiger partial charge in [-0.25, -0.2) is 9.67 Å². The van der Waals surface area contributed by atoms with Gasteiger partial charge in [0.1, 0.15) is 16.8 Å². The van der Waals surface area contributed by atoms with E-state index in [1.807, 2.05) is 36.4 Å². The van der Waals surface area contributed by atoms with Crippen molar-refractivity contribution >= 4 is 22.8 Å². The lowest BCUT2D eigenvalue weighted by Crippen LogP contribution is -2.10. The van der Waals surface area contributed by atoms with E-state index in [1.165, 1.54) is 29.1 Å². The molecule has 4 rings (SSSR count). The van der Waals surface area contributed by atoms with Crippen molar-refractivity contribution in [2.45, 2.75) is 17.8 Å². The molecule has 0 aliphatic heterocycles. The number of fused-ring (bicyclic) bond motifs is 1. The van der Waals surface area contributed by atoms with E-state index in [2.05, 4.69) is 34.1 Å². The van der Waals surface area contributed by atoms with E-state index in [9.17, 15) is 4.79 Å². The van der Waals surface area contributed by atoms with Crippen molar-refractivity contribution in [3.05, 3.63) is 76.2 Å². The van der Waals surface area contributed by atoms with Crippen molar-refractivity contribution in [1.29, 1.82) is 0 Å². The molecule has 27 heavy (non-hydrogen) atoms. The van der Waals surface area contributed by atoms with Crippen molar-refractivity contribution in [2.24, 2.45) is 0 Å². The number of H-pyrrole nitrogens is 1. The highest BCUT2D eigenvalue weighted by atomic mass is 32.2. The number of nitrogens with zero attached hydrogens (tertiary/aromatic N) is 3. The Bertz CT molecular complexity index is 1170. The summed E-state index contributed by atoms with van der Waals surface area (Å²) in [7, 11) is 1.61. The van der Waals surface area contributed by atoms with Gasteiger partial charge < -0.3 is 9.72 Å². The Balaban J connectivity index is 1.74. The Hall–Kier alpha value is -3.06. The first-order valence-electron chi connectivity index (χ1n) is 8.46. The third-order valence-electron chi connectivity index (χ3n) is 4.36. The summed E-state index contributed by atoms with van der Waals surface area (Å²) in [6.07, 6.45) is 1.53. The predicted octanol–water partition coefficient (Wildman–Crippen LogP) is 3.72. The summed E-state index contributed by atoms with van der Waals surface area (Å²) >= 11 is 1.49. The molecule has 0 saturated carbocycles. The van der Waals surface area contributed by atoms with Crippen molar-refractivity contribution in [2.75, 3.05) is 7.11 Å². The van der Waals surface area contributed by atoms with Crippen molar-refractivity contribution < 1.29 is 4.74 Å². The highest BCUT2D eigenvalue weighted by Crippen LogP contribution is 2.26. The minimum absolute atomic E-state index is 0.201. The zero-order valence-electron chi connectivity index (χ0n) is 15.0. The molecule has 0 aliphatic rings. The summed E-state index contributed by atoms with van der Waals surface area (Å²) in [5, 5.41) is 5.36. The minimum atomic E-state index is -0.201. The van der Waals surface area contributed by atoms with E-state index in [1.54, 1.807) is 11.8 Å². The first kappa shape index (κ1) is 17.4. The zero-order chi connectivity index (χ0) is 18.8. The van der Waals surface area contributed by atoms with Crippen LogP contribution in [-0.4, -0.2) is 26.9 Å². The van der Waals surface area contributed by atoms with Crippen molar-refractivity contribution in [3.63, 3.8) is 0 Å². The van der Waals surface area contributed by atoms with Gasteiger partial charge in [-0.3, -0.25) is 4.79 Å². The molecule has 4 aromatic rings. The molecule has 0 saturated heterocycles. The molecule has 0 amide bonds. The molecule has 7 heteroatoms. The SMILES string of the molecule is COc1ccccc1-n1ncc2c(=O)[nH]c(SCc3ccccc3C)nc21. The maximum atomic E-state index is 12.5. The normalized spacial score (nSPS) is 11.0. The van der Waals surface area contributed by atoms with Gasteiger partial charge in [-0.1, -0.05) is 48.2 Å². The summed E-state index contributed by atoms with van der Waals surface area (Å²) < 4.78 is 7.06. The molecule has 0 bridgehead atoms. The number of hydrogen-bond acceptors (Lipinski definition) is 5. The van der Waals surface area contributed by atoms with Gasteiger partial charge >= 0.3 is 0 Å². The molecule has 1 N–H and O–H groups in total. The maximum absolute atomic E-state index is 12.5. The summed E-state index contributed by atoms with van der Waals surface area (Å²) in [5.41, 5.74) is 3.47. The van der Waals surface area contributed by atoms with Gasteiger partial charge in [0.25, 0.3) is 5.56 Å². The fraction of sp³-hybridized carbons (Fsp3) is 0.150. The van der Waals surface area contributed by atoms with Crippen LogP contribution in [0.2, 0.25) is 0 Å². The monoisotopic (exact) mass is 378 g/mol. The van der Waals surface area contributed by atoms with E-state index < -0.39 is 0 Å². The van der Waals surface area contributed by atoms with Gasteiger partial charge in [-0.05, 0) is 30.2 Å². The molecule has 0 radical (unpaired) electrons. The second-order valence-corrected chi connectivity index (χ2v) is 7.02. The molecular weight excluding hydrogens is 360 g/mol. The summed E-state index contributed by atoms with van der Waals surface area (Å²) in [5.74, 6) is 1.39. The predicted molar refractivity (Wildman–Crippen MR) is 107 cm³/mol. The van der Waals surface area contributed by atoms with E-state index in [0.29, 0.717) is 21.9 Å². The average molecular weight is 378 g/mol. The second kappa shape index (κ2) is 7.28. The highest BCUT2D eigenvalue weighted by Gasteiger charge is 2.14. The van der Waals surface area contributed by atoms with E-state index in [0.717, 1.165) is 11.4 Å². The van der Waals surface area contributed by atoms with Gasteiger partial charge in [0.15, 0.2) is 10.8 Å². The summed E-state index contributed by atoms with van der Waals surface area (Å²) in [6.45, 7) is 2.08. The lowest BCUT2D eigenvalue weighted by atomic mass is 10.1. The van der Waals surface area contributed by atoms with Crippen LogP contribution in [0.4, 0.5) is 0 Å². The number of hydrogen-bond donors (Lipinski definition) is 1. The van der Waals surface area contributed by atoms with Gasteiger partial charge in [0.2, 0.25) is 0 Å². The van der Waals surface area contributed by atoms with Crippen molar-refractivity contribution in [3.8, 4) is 11.4 Å². The quantitative estimate of drug-likeness (QED) is 0.423.